The largest absolute Gasteiger partial charge is 0.393 e. The van der Waals surface area contributed by atoms with Gasteiger partial charge < -0.3 is 24.9 Å². The Bertz CT molecular complexity index is 866. The maximum Gasteiger partial charge on any atom is 0.246 e. The first-order chi connectivity index (χ1) is 15.7. The van der Waals surface area contributed by atoms with Gasteiger partial charge in [-0.3, -0.25) is 9.59 Å². The van der Waals surface area contributed by atoms with Crippen molar-refractivity contribution in [3.63, 3.8) is 0 Å². The number of halogens is 2. The van der Waals surface area contributed by atoms with Crippen LogP contribution in [0.1, 0.15) is 31.7 Å². The minimum atomic E-state index is -0.532. The van der Waals surface area contributed by atoms with Gasteiger partial charge in [-0.25, -0.2) is 0 Å². The fraction of sp³-hybridized carbons (Fsp3) is 0.583. The summed E-state index contributed by atoms with van der Waals surface area (Å²) >= 11 is 11.9. The van der Waals surface area contributed by atoms with Crippen molar-refractivity contribution in [1.82, 2.24) is 14.7 Å². The third kappa shape index (κ3) is 7.69. The van der Waals surface area contributed by atoms with Crippen LogP contribution in [0.15, 0.2) is 24.3 Å². The summed E-state index contributed by atoms with van der Waals surface area (Å²) < 4.78 is 0. The number of likely N-dealkylation sites (tertiary alicyclic amines) is 1. The van der Waals surface area contributed by atoms with Crippen molar-refractivity contribution in [3.05, 3.63) is 39.9 Å². The molecule has 2 heterocycles. The van der Waals surface area contributed by atoms with Crippen LogP contribution >= 0.6 is 23.2 Å². The standard InChI is InChI=1S/C24H33Cl2N3O4/c1-17-15-27(9-7-22(17)31)16-19(30)6-10-28-12-13-29(11-8-24(28)33)23(32)5-3-18-2-4-20(25)21(26)14-18/h2-5,14,17,19,22,30-31H,6-13,15-16H2,1H3. The molecule has 2 amide bonds. The van der Waals surface area contributed by atoms with Gasteiger partial charge in [0, 0.05) is 58.3 Å². The topological polar surface area (TPSA) is 84.3 Å². The van der Waals surface area contributed by atoms with Crippen LogP contribution in [0.4, 0.5) is 0 Å². The first kappa shape index (κ1) is 26.0. The lowest BCUT2D eigenvalue weighted by molar-refractivity contribution is -0.130. The summed E-state index contributed by atoms with van der Waals surface area (Å²) in [6, 6.07) is 5.16. The van der Waals surface area contributed by atoms with Gasteiger partial charge in [0.1, 0.15) is 0 Å². The molecule has 1 aromatic rings. The number of carbonyl (C=O) groups excluding carboxylic acids is 2. The van der Waals surface area contributed by atoms with Gasteiger partial charge in [0.05, 0.1) is 22.3 Å². The molecule has 3 unspecified atom stereocenters. The van der Waals surface area contributed by atoms with E-state index < -0.39 is 6.10 Å². The molecule has 0 saturated carbocycles. The van der Waals surface area contributed by atoms with Gasteiger partial charge in [0.15, 0.2) is 0 Å². The summed E-state index contributed by atoms with van der Waals surface area (Å²) in [7, 11) is 0. The van der Waals surface area contributed by atoms with E-state index >= 15 is 0 Å². The Labute approximate surface area is 205 Å². The van der Waals surface area contributed by atoms with Crippen LogP contribution in [0.3, 0.4) is 0 Å². The maximum atomic E-state index is 12.6. The summed E-state index contributed by atoms with van der Waals surface area (Å²) in [5.74, 6) is 0.0465. The summed E-state index contributed by atoms with van der Waals surface area (Å²) in [4.78, 5) is 30.7. The smallest absolute Gasteiger partial charge is 0.246 e. The second kappa shape index (κ2) is 12.2. The lowest BCUT2D eigenvalue weighted by Gasteiger charge is -2.35. The molecular formula is C24H33Cl2N3O4. The molecule has 0 bridgehead atoms. The van der Waals surface area contributed by atoms with Crippen LogP contribution in [-0.4, -0.2) is 94.7 Å². The number of carbonyl (C=O) groups is 2. The van der Waals surface area contributed by atoms with Crippen LogP contribution in [0.25, 0.3) is 6.08 Å². The Balaban J connectivity index is 1.45. The molecule has 0 radical (unpaired) electrons. The van der Waals surface area contributed by atoms with E-state index in [1.807, 2.05) is 6.92 Å². The number of hydrogen-bond donors (Lipinski definition) is 2. The average Bonchev–Trinajstić information content (AvgIpc) is 2.97. The highest BCUT2D eigenvalue weighted by atomic mass is 35.5. The van der Waals surface area contributed by atoms with E-state index in [2.05, 4.69) is 4.90 Å². The quantitative estimate of drug-likeness (QED) is 0.565. The third-order valence-electron chi connectivity index (χ3n) is 6.41. The molecule has 3 atom stereocenters. The van der Waals surface area contributed by atoms with Gasteiger partial charge in [-0.15, -0.1) is 0 Å². The number of aliphatic hydroxyl groups is 2. The fourth-order valence-corrected chi connectivity index (χ4v) is 4.60. The van der Waals surface area contributed by atoms with E-state index in [1.54, 1.807) is 34.1 Å². The molecule has 9 heteroatoms. The number of β-amino-alcohol motifs (C(OH)–C–C–N with tert-alkyl or cyclic N) is 1. The summed E-state index contributed by atoms with van der Waals surface area (Å²) in [5, 5.41) is 21.2. The van der Waals surface area contributed by atoms with Crippen molar-refractivity contribution in [3.8, 4) is 0 Å². The van der Waals surface area contributed by atoms with Crippen molar-refractivity contribution in [1.29, 1.82) is 0 Å². The maximum absolute atomic E-state index is 12.6. The molecule has 1 aromatic carbocycles. The fourth-order valence-electron chi connectivity index (χ4n) is 4.29. The number of aliphatic hydroxyl groups excluding tert-OH is 2. The SMILES string of the molecule is CC1CN(CC(O)CCN2CCN(C(=O)C=Cc3ccc(Cl)c(Cl)c3)CCC2=O)CCC1O. The first-order valence-electron chi connectivity index (χ1n) is 11.5. The van der Waals surface area contributed by atoms with Crippen LogP contribution in [0, 0.1) is 5.92 Å². The third-order valence-corrected chi connectivity index (χ3v) is 7.15. The van der Waals surface area contributed by atoms with Gasteiger partial charge in [-0.2, -0.15) is 0 Å². The van der Waals surface area contributed by atoms with E-state index in [0.717, 1.165) is 25.1 Å². The number of piperidine rings is 1. The summed E-state index contributed by atoms with van der Waals surface area (Å²) in [6.45, 7) is 5.85. The zero-order chi connectivity index (χ0) is 24.0. The lowest BCUT2D eigenvalue weighted by atomic mass is 9.96. The number of rotatable bonds is 7. The number of nitrogens with zero attached hydrogens (tertiary/aromatic N) is 3. The van der Waals surface area contributed by atoms with Crippen molar-refractivity contribution < 1.29 is 19.8 Å². The van der Waals surface area contributed by atoms with Gasteiger partial charge >= 0.3 is 0 Å². The van der Waals surface area contributed by atoms with Gasteiger partial charge in [-0.05, 0) is 42.5 Å². The monoisotopic (exact) mass is 497 g/mol. The zero-order valence-corrected chi connectivity index (χ0v) is 20.5. The Hall–Kier alpha value is -1.64. The van der Waals surface area contributed by atoms with Crippen molar-refractivity contribution in [2.75, 3.05) is 45.8 Å². The van der Waals surface area contributed by atoms with Gasteiger partial charge in [0.25, 0.3) is 0 Å². The highest BCUT2D eigenvalue weighted by Crippen LogP contribution is 2.23. The van der Waals surface area contributed by atoms with Crippen LogP contribution in [0.5, 0.6) is 0 Å². The summed E-state index contributed by atoms with van der Waals surface area (Å²) in [6.07, 6.45) is 3.86. The van der Waals surface area contributed by atoms with Crippen molar-refractivity contribution in [2.45, 2.75) is 38.4 Å². The number of amides is 2. The van der Waals surface area contributed by atoms with Crippen LogP contribution in [0.2, 0.25) is 10.0 Å². The molecule has 0 spiro atoms. The van der Waals surface area contributed by atoms with Crippen molar-refractivity contribution >= 4 is 41.1 Å². The molecule has 2 N–H and O–H groups in total. The van der Waals surface area contributed by atoms with Crippen LogP contribution in [-0.2, 0) is 9.59 Å². The molecule has 2 saturated heterocycles. The molecule has 182 valence electrons. The highest BCUT2D eigenvalue weighted by molar-refractivity contribution is 6.42. The minimum absolute atomic E-state index is 0.000629. The normalized spacial score (nSPS) is 23.7. The molecule has 33 heavy (non-hydrogen) atoms. The first-order valence-corrected chi connectivity index (χ1v) is 12.3. The Morgan fingerprint density at radius 2 is 2.00 bits per heavy atom. The zero-order valence-electron chi connectivity index (χ0n) is 19.0. The molecule has 2 fully saturated rings. The predicted molar refractivity (Wildman–Crippen MR) is 130 cm³/mol. The molecular weight excluding hydrogens is 465 g/mol. The second-order valence-electron chi connectivity index (χ2n) is 9.00. The van der Waals surface area contributed by atoms with E-state index in [4.69, 9.17) is 23.2 Å². The van der Waals surface area contributed by atoms with Crippen molar-refractivity contribution in [2.24, 2.45) is 5.92 Å². The van der Waals surface area contributed by atoms with Gasteiger partial charge in [-0.1, -0.05) is 36.2 Å². The molecule has 7 nitrogen and oxygen atoms in total. The Morgan fingerprint density at radius 3 is 2.73 bits per heavy atom. The second-order valence-corrected chi connectivity index (χ2v) is 9.81. The van der Waals surface area contributed by atoms with E-state index in [1.165, 1.54) is 6.08 Å². The molecule has 2 aliphatic heterocycles. The van der Waals surface area contributed by atoms with E-state index in [9.17, 15) is 19.8 Å². The van der Waals surface area contributed by atoms with Gasteiger partial charge in [0.2, 0.25) is 11.8 Å². The molecule has 0 aromatic heterocycles. The number of benzene rings is 1. The van der Waals surface area contributed by atoms with E-state index in [0.29, 0.717) is 49.2 Å². The summed E-state index contributed by atoms with van der Waals surface area (Å²) in [5.41, 5.74) is 0.775. The highest BCUT2D eigenvalue weighted by Gasteiger charge is 2.27. The Morgan fingerprint density at radius 1 is 1.21 bits per heavy atom. The Kier molecular flexibility index (Phi) is 9.58. The lowest BCUT2D eigenvalue weighted by Crippen LogP contribution is -2.45. The molecule has 3 rings (SSSR count). The predicted octanol–water partition coefficient (Wildman–Crippen LogP) is 2.52. The van der Waals surface area contributed by atoms with Crippen LogP contribution < -0.4 is 0 Å². The average molecular weight is 498 g/mol. The minimum Gasteiger partial charge on any atom is -0.393 e. The number of hydrogen-bond acceptors (Lipinski definition) is 5. The molecule has 2 aliphatic rings. The van der Waals surface area contributed by atoms with E-state index in [-0.39, 0.29) is 30.3 Å². The molecule has 0 aliphatic carbocycles.